The van der Waals surface area contributed by atoms with E-state index in [2.05, 4.69) is 67.8 Å². The van der Waals surface area contributed by atoms with Crippen molar-refractivity contribution in [1.82, 2.24) is 5.32 Å². The third kappa shape index (κ3) is 46.3. The molecule has 0 bridgehead atoms. The summed E-state index contributed by atoms with van der Waals surface area (Å²) < 4.78 is 11.2. The minimum Gasteiger partial charge on any atom is -0.394 e. The maximum Gasteiger partial charge on any atom is 0.249 e. The Morgan fingerprint density at radius 1 is 0.415 bits per heavy atom. The molecule has 0 spiro atoms. The zero-order valence-corrected chi connectivity index (χ0v) is 53.2. The van der Waals surface area contributed by atoms with Crippen LogP contribution in [0.1, 0.15) is 328 Å². The highest BCUT2D eigenvalue weighted by Gasteiger charge is 2.44. The first-order valence-electron chi connectivity index (χ1n) is 35.0. The lowest BCUT2D eigenvalue weighted by Crippen LogP contribution is -2.60. The maximum absolute atomic E-state index is 13.2. The molecule has 1 rings (SSSR count). The maximum atomic E-state index is 13.2. The van der Waals surface area contributed by atoms with Gasteiger partial charge in [-0.2, -0.15) is 0 Å². The van der Waals surface area contributed by atoms with Crippen LogP contribution in [0.25, 0.3) is 0 Å². The summed E-state index contributed by atoms with van der Waals surface area (Å²) >= 11 is 0. The molecule has 482 valence electrons. The van der Waals surface area contributed by atoms with Crippen molar-refractivity contribution in [3.8, 4) is 0 Å². The van der Waals surface area contributed by atoms with Crippen LogP contribution >= 0.6 is 0 Å². The van der Waals surface area contributed by atoms with Gasteiger partial charge in [0.25, 0.3) is 0 Å². The first-order valence-corrected chi connectivity index (χ1v) is 35.0. The molecule has 1 amide bonds. The SMILES string of the molecule is CCCCCCCCCCCCCC/C=C\CCCCCCCCCCCC(O)C(=O)NC(COC1OC(CO)C(O)C(O)C1O)C(O)C(O)CCC/C=C/CC/C=C/CC/C=C/CCCCCCCCCCCCCCCCCCC. The van der Waals surface area contributed by atoms with Gasteiger partial charge in [0.15, 0.2) is 6.29 Å². The second kappa shape index (κ2) is 59.4. The molecule has 1 fully saturated rings. The highest BCUT2D eigenvalue weighted by Crippen LogP contribution is 2.24. The molecule has 1 saturated heterocycles. The lowest BCUT2D eigenvalue weighted by atomic mass is 9.98. The Morgan fingerprint density at radius 2 is 0.732 bits per heavy atom. The van der Waals surface area contributed by atoms with Gasteiger partial charge in [-0.3, -0.25) is 4.79 Å². The fourth-order valence-corrected chi connectivity index (χ4v) is 11.2. The molecule has 0 radical (unpaired) electrons. The molecule has 8 N–H and O–H groups in total. The number of ether oxygens (including phenoxy) is 2. The van der Waals surface area contributed by atoms with E-state index in [1.165, 1.54) is 238 Å². The van der Waals surface area contributed by atoms with E-state index in [0.29, 0.717) is 19.3 Å². The number of aliphatic hydroxyl groups excluding tert-OH is 7. The largest absolute Gasteiger partial charge is 0.394 e. The zero-order valence-electron chi connectivity index (χ0n) is 53.2. The lowest BCUT2D eigenvalue weighted by Gasteiger charge is -2.40. The third-order valence-electron chi connectivity index (χ3n) is 16.8. The molecule has 11 nitrogen and oxygen atoms in total. The van der Waals surface area contributed by atoms with E-state index in [1.54, 1.807) is 0 Å². The van der Waals surface area contributed by atoms with Crippen LogP contribution in [0.4, 0.5) is 0 Å². The second-order valence-corrected chi connectivity index (χ2v) is 24.6. The summed E-state index contributed by atoms with van der Waals surface area (Å²) in [7, 11) is 0. The topological polar surface area (TPSA) is 189 Å². The van der Waals surface area contributed by atoms with E-state index in [9.17, 15) is 40.5 Å². The van der Waals surface area contributed by atoms with Crippen LogP contribution < -0.4 is 5.32 Å². The Balaban J connectivity index is 2.25. The van der Waals surface area contributed by atoms with Crippen LogP contribution in [0, 0.1) is 0 Å². The Morgan fingerprint density at radius 3 is 1.09 bits per heavy atom. The smallest absolute Gasteiger partial charge is 0.249 e. The minimum atomic E-state index is -1.68. The molecule has 1 aliphatic heterocycles. The van der Waals surface area contributed by atoms with Crippen molar-refractivity contribution in [1.29, 1.82) is 0 Å². The molecule has 82 heavy (non-hydrogen) atoms. The second-order valence-electron chi connectivity index (χ2n) is 24.6. The number of carbonyl (C=O) groups excluding carboxylic acids is 1. The van der Waals surface area contributed by atoms with Gasteiger partial charge in [-0.05, 0) is 89.9 Å². The average molecular weight is 1160 g/mol. The van der Waals surface area contributed by atoms with Crippen LogP contribution in [-0.4, -0.2) is 110 Å². The molecule has 0 aromatic rings. The van der Waals surface area contributed by atoms with Gasteiger partial charge in [-0.15, -0.1) is 0 Å². The van der Waals surface area contributed by atoms with Crippen molar-refractivity contribution >= 4 is 5.91 Å². The Kier molecular flexibility index (Phi) is 56.6. The Bertz CT molecular complexity index is 1470. The summed E-state index contributed by atoms with van der Waals surface area (Å²) in [4.78, 5) is 13.2. The fourth-order valence-electron chi connectivity index (χ4n) is 11.2. The van der Waals surface area contributed by atoms with Gasteiger partial charge in [0.2, 0.25) is 5.91 Å². The van der Waals surface area contributed by atoms with Gasteiger partial charge < -0.3 is 50.5 Å². The van der Waals surface area contributed by atoms with Gasteiger partial charge >= 0.3 is 0 Å². The summed E-state index contributed by atoms with van der Waals surface area (Å²) in [5.74, 6) is -0.711. The summed E-state index contributed by atoms with van der Waals surface area (Å²) in [5.41, 5.74) is 0. The van der Waals surface area contributed by atoms with E-state index < -0.39 is 74.2 Å². The molecule has 11 heteroatoms. The molecule has 9 atom stereocenters. The van der Waals surface area contributed by atoms with Gasteiger partial charge in [0.05, 0.1) is 25.4 Å². The molecule has 1 aliphatic rings. The predicted molar refractivity (Wildman–Crippen MR) is 344 cm³/mol. The molecule has 1 heterocycles. The minimum absolute atomic E-state index is 0.240. The summed E-state index contributed by atoms with van der Waals surface area (Å²) in [6.07, 6.45) is 66.2. The summed E-state index contributed by atoms with van der Waals surface area (Å²) in [6, 6.07) is -1.20. The normalized spacial score (nSPS) is 19.4. The number of hydrogen-bond donors (Lipinski definition) is 8. The Hall–Kier alpha value is -1.93. The molecule has 9 unspecified atom stereocenters. The van der Waals surface area contributed by atoms with Crippen molar-refractivity contribution in [2.45, 2.75) is 384 Å². The molecular formula is C71H133NO10. The van der Waals surface area contributed by atoms with Crippen LogP contribution in [0.2, 0.25) is 0 Å². The highest BCUT2D eigenvalue weighted by atomic mass is 16.7. The number of nitrogens with one attached hydrogen (secondary N) is 1. The summed E-state index contributed by atoms with van der Waals surface area (Å²) in [5, 5.41) is 76.4. The van der Waals surface area contributed by atoms with Crippen LogP contribution in [-0.2, 0) is 14.3 Å². The highest BCUT2D eigenvalue weighted by molar-refractivity contribution is 5.80. The fraction of sp³-hybridized carbons (Fsp3) is 0.873. The molecular weight excluding hydrogens is 1030 g/mol. The van der Waals surface area contributed by atoms with Crippen LogP contribution in [0.3, 0.4) is 0 Å². The van der Waals surface area contributed by atoms with Crippen LogP contribution in [0.15, 0.2) is 48.6 Å². The first kappa shape index (κ1) is 78.1. The number of allylic oxidation sites excluding steroid dienone is 8. The van der Waals surface area contributed by atoms with E-state index in [4.69, 9.17) is 9.47 Å². The van der Waals surface area contributed by atoms with E-state index >= 15 is 0 Å². The van der Waals surface area contributed by atoms with Crippen molar-refractivity contribution in [2.75, 3.05) is 13.2 Å². The van der Waals surface area contributed by atoms with Crippen molar-refractivity contribution in [3.05, 3.63) is 48.6 Å². The van der Waals surface area contributed by atoms with Crippen molar-refractivity contribution in [2.24, 2.45) is 0 Å². The number of rotatable bonds is 61. The predicted octanol–water partition coefficient (Wildman–Crippen LogP) is 16.7. The lowest BCUT2D eigenvalue weighted by molar-refractivity contribution is -0.303. The average Bonchev–Trinajstić information content (AvgIpc) is 3.53. The van der Waals surface area contributed by atoms with E-state index in [0.717, 1.165) is 44.9 Å². The number of carbonyl (C=O) groups is 1. The quantitative estimate of drug-likeness (QED) is 0.0215. The number of amides is 1. The number of hydrogen-bond acceptors (Lipinski definition) is 10. The van der Waals surface area contributed by atoms with E-state index in [-0.39, 0.29) is 12.8 Å². The molecule has 0 aromatic carbocycles. The van der Waals surface area contributed by atoms with Gasteiger partial charge in [-0.25, -0.2) is 0 Å². The van der Waals surface area contributed by atoms with E-state index in [1.807, 2.05) is 0 Å². The monoisotopic (exact) mass is 1160 g/mol. The number of aliphatic hydroxyl groups is 7. The van der Waals surface area contributed by atoms with Gasteiger partial charge in [-0.1, -0.05) is 287 Å². The third-order valence-corrected chi connectivity index (χ3v) is 16.8. The van der Waals surface area contributed by atoms with Crippen LogP contribution in [0.5, 0.6) is 0 Å². The summed E-state index contributed by atoms with van der Waals surface area (Å²) in [6.45, 7) is 3.48. The number of unbranched alkanes of at least 4 members (excludes halogenated alkanes) is 41. The van der Waals surface area contributed by atoms with Gasteiger partial charge in [0, 0.05) is 0 Å². The van der Waals surface area contributed by atoms with Gasteiger partial charge in [0.1, 0.15) is 36.6 Å². The first-order chi connectivity index (χ1) is 40.2. The molecule has 0 aromatic heterocycles. The molecule has 0 aliphatic carbocycles. The molecule has 0 saturated carbocycles. The van der Waals surface area contributed by atoms with Crippen molar-refractivity contribution < 1.29 is 50.0 Å². The zero-order chi connectivity index (χ0) is 59.6. The Labute approximate surface area is 504 Å². The van der Waals surface area contributed by atoms with Crippen molar-refractivity contribution in [3.63, 3.8) is 0 Å². The standard InChI is InChI=1S/C71H133NO10/c1-3-5-7-9-11-13-15-17-19-21-23-25-27-29-30-31-32-33-35-36-38-40-42-44-46-48-50-52-54-56-58-63(74)66(76)62(61-81-71-69(79)68(78)67(77)65(60-73)82-71)72-70(80)64(75)59-57-55-53-51-49-47-45-43-41-39-37-34-28-26-24-22-20-18-16-14-12-10-8-6-4-2/h34-37,42,44,50,52,62-69,71,73-79H,3-33,38-41,43,45-49,51,53-61H2,1-2H3,(H,72,80)/b36-35+,37-34-,44-42+,52-50+.